The van der Waals surface area contributed by atoms with Gasteiger partial charge < -0.3 is 20.1 Å². The summed E-state index contributed by atoms with van der Waals surface area (Å²) < 4.78 is 5.06. The summed E-state index contributed by atoms with van der Waals surface area (Å²) in [6.07, 6.45) is 2.06. The molecule has 0 aliphatic carbocycles. The van der Waals surface area contributed by atoms with Crippen LogP contribution in [0, 0.1) is 0 Å². The van der Waals surface area contributed by atoms with Crippen molar-refractivity contribution in [3.05, 3.63) is 66.4 Å². The van der Waals surface area contributed by atoms with Gasteiger partial charge in [-0.1, -0.05) is 18.2 Å². The van der Waals surface area contributed by atoms with Gasteiger partial charge in [0.1, 0.15) is 0 Å². The van der Waals surface area contributed by atoms with Crippen LogP contribution in [0.3, 0.4) is 0 Å². The lowest BCUT2D eigenvalue weighted by Crippen LogP contribution is -2.14. The van der Waals surface area contributed by atoms with Crippen molar-refractivity contribution in [3.8, 4) is 22.8 Å². The van der Waals surface area contributed by atoms with E-state index in [0.29, 0.717) is 5.75 Å². The average molecular weight is 322 g/mol. The number of hydrogen-bond acceptors (Lipinski definition) is 3. The second-order valence-electron chi connectivity index (χ2n) is 5.40. The molecule has 1 aromatic heterocycles. The Bertz CT molecular complexity index is 842. The minimum Gasteiger partial charge on any atom is -0.504 e. The van der Waals surface area contributed by atoms with Crippen LogP contribution in [0.2, 0.25) is 0 Å². The molecule has 0 fully saturated rings. The molecule has 2 aromatic carbocycles. The van der Waals surface area contributed by atoms with E-state index >= 15 is 0 Å². The average Bonchev–Trinajstić information content (AvgIpc) is 3.11. The minimum absolute atomic E-state index is 0.0558. The largest absolute Gasteiger partial charge is 0.504 e. The molecule has 5 nitrogen and oxygen atoms in total. The molecule has 0 aliphatic heterocycles. The van der Waals surface area contributed by atoms with E-state index in [4.69, 9.17) is 4.74 Å². The Morgan fingerprint density at radius 1 is 1.17 bits per heavy atom. The first-order valence-electron chi connectivity index (χ1n) is 7.55. The molecule has 1 amide bonds. The molecule has 0 saturated heterocycles. The van der Waals surface area contributed by atoms with Crippen LogP contribution in [-0.2, 0) is 11.2 Å². The Labute approximate surface area is 139 Å². The molecule has 0 radical (unpaired) electrons. The molecule has 0 unspecified atom stereocenters. The van der Waals surface area contributed by atoms with E-state index in [1.807, 2.05) is 42.6 Å². The highest BCUT2D eigenvalue weighted by molar-refractivity contribution is 5.93. The number of H-pyrrole nitrogens is 1. The molecule has 0 aliphatic rings. The molecule has 24 heavy (non-hydrogen) atoms. The summed E-state index contributed by atoms with van der Waals surface area (Å²) in [5, 5.41) is 12.5. The highest BCUT2D eigenvalue weighted by Crippen LogP contribution is 2.26. The van der Waals surface area contributed by atoms with Gasteiger partial charge in [0.15, 0.2) is 11.5 Å². The second-order valence-corrected chi connectivity index (χ2v) is 5.40. The Kier molecular flexibility index (Phi) is 4.52. The fourth-order valence-corrected chi connectivity index (χ4v) is 2.50. The first kappa shape index (κ1) is 15.7. The minimum atomic E-state index is -0.133. The zero-order valence-electron chi connectivity index (χ0n) is 13.2. The molecule has 3 N–H and O–H groups in total. The fourth-order valence-electron chi connectivity index (χ4n) is 2.50. The summed E-state index contributed by atoms with van der Waals surface area (Å²) in [4.78, 5) is 15.4. The molecule has 0 atom stereocenters. The number of phenolic OH excluding ortho intramolecular Hbond substituents is 1. The Morgan fingerprint density at radius 2 is 2.04 bits per heavy atom. The number of carbonyl (C=O) groups excluding carboxylic acids is 1. The maximum absolute atomic E-state index is 12.2. The number of amides is 1. The van der Waals surface area contributed by atoms with Crippen LogP contribution < -0.4 is 10.1 Å². The van der Waals surface area contributed by atoms with Crippen LogP contribution in [0.1, 0.15) is 5.56 Å². The van der Waals surface area contributed by atoms with Crippen LogP contribution in [0.4, 0.5) is 5.69 Å². The number of anilines is 1. The van der Waals surface area contributed by atoms with E-state index in [2.05, 4.69) is 10.3 Å². The van der Waals surface area contributed by atoms with Crippen LogP contribution in [0.15, 0.2) is 60.8 Å². The quantitative estimate of drug-likeness (QED) is 0.672. The SMILES string of the molecule is COc1cc(CC(=O)Nc2cccc(-c3ccc[nH]3)c2)ccc1O. The molecule has 0 spiro atoms. The van der Waals surface area contributed by atoms with E-state index < -0.39 is 0 Å². The first-order chi connectivity index (χ1) is 11.7. The standard InChI is InChI=1S/C19H18N2O3/c1-24-18-10-13(7-8-17(18)22)11-19(23)21-15-5-2-4-14(12-15)16-6-3-9-20-16/h2-10,12,20,22H,11H2,1H3,(H,21,23). The van der Waals surface area contributed by atoms with E-state index in [-0.39, 0.29) is 18.1 Å². The first-order valence-corrected chi connectivity index (χ1v) is 7.55. The lowest BCUT2D eigenvalue weighted by atomic mass is 10.1. The van der Waals surface area contributed by atoms with Crippen molar-refractivity contribution in [3.63, 3.8) is 0 Å². The number of ether oxygens (including phenoxy) is 1. The van der Waals surface area contributed by atoms with Gasteiger partial charge in [0, 0.05) is 17.6 Å². The third kappa shape index (κ3) is 3.57. The van der Waals surface area contributed by atoms with Gasteiger partial charge in [0.25, 0.3) is 0 Å². The Morgan fingerprint density at radius 3 is 2.79 bits per heavy atom. The number of aromatic hydroxyl groups is 1. The van der Waals surface area contributed by atoms with Gasteiger partial charge in [0.2, 0.25) is 5.91 Å². The smallest absolute Gasteiger partial charge is 0.228 e. The lowest BCUT2D eigenvalue weighted by molar-refractivity contribution is -0.115. The number of rotatable bonds is 5. The predicted molar refractivity (Wildman–Crippen MR) is 93.2 cm³/mol. The van der Waals surface area contributed by atoms with Gasteiger partial charge in [-0.2, -0.15) is 0 Å². The monoisotopic (exact) mass is 322 g/mol. The number of phenols is 1. The van der Waals surface area contributed by atoms with Crippen molar-refractivity contribution < 1.29 is 14.6 Å². The number of aromatic amines is 1. The second kappa shape index (κ2) is 6.91. The normalized spacial score (nSPS) is 10.4. The maximum atomic E-state index is 12.2. The number of nitrogens with one attached hydrogen (secondary N) is 2. The van der Waals surface area contributed by atoms with E-state index in [9.17, 15) is 9.90 Å². The van der Waals surface area contributed by atoms with Gasteiger partial charge in [0.05, 0.1) is 13.5 Å². The Hall–Kier alpha value is -3.21. The van der Waals surface area contributed by atoms with Crippen molar-refractivity contribution in [2.45, 2.75) is 6.42 Å². The topological polar surface area (TPSA) is 74.3 Å². The predicted octanol–water partition coefficient (Wildman–Crippen LogP) is 3.58. The van der Waals surface area contributed by atoms with Crippen molar-refractivity contribution in [1.82, 2.24) is 4.98 Å². The molecule has 3 rings (SSSR count). The highest BCUT2D eigenvalue weighted by atomic mass is 16.5. The van der Waals surface area contributed by atoms with Gasteiger partial charge in [-0.15, -0.1) is 0 Å². The van der Waals surface area contributed by atoms with E-state index in [1.54, 1.807) is 12.1 Å². The molecule has 1 heterocycles. The lowest BCUT2D eigenvalue weighted by Gasteiger charge is -2.09. The van der Waals surface area contributed by atoms with Gasteiger partial charge >= 0.3 is 0 Å². The molecule has 0 saturated carbocycles. The number of hydrogen-bond donors (Lipinski definition) is 3. The summed E-state index contributed by atoms with van der Waals surface area (Å²) in [6, 6.07) is 16.4. The third-order valence-corrected chi connectivity index (χ3v) is 3.66. The van der Waals surface area contributed by atoms with Gasteiger partial charge in [-0.3, -0.25) is 4.79 Å². The maximum Gasteiger partial charge on any atom is 0.228 e. The zero-order chi connectivity index (χ0) is 16.9. The molecule has 0 bridgehead atoms. The molecule has 122 valence electrons. The summed E-state index contributed by atoms with van der Waals surface area (Å²) in [5.74, 6) is 0.278. The van der Waals surface area contributed by atoms with Crippen LogP contribution in [0.25, 0.3) is 11.3 Å². The molecular weight excluding hydrogens is 304 g/mol. The molecule has 3 aromatic rings. The number of benzene rings is 2. The van der Waals surface area contributed by atoms with Crippen LogP contribution in [0.5, 0.6) is 11.5 Å². The summed E-state index contributed by atoms with van der Waals surface area (Å²) >= 11 is 0. The van der Waals surface area contributed by atoms with E-state index in [1.165, 1.54) is 13.2 Å². The van der Waals surface area contributed by atoms with Gasteiger partial charge in [-0.05, 0) is 47.5 Å². The Balaban J connectivity index is 1.70. The summed E-state index contributed by atoms with van der Waals surface area (Å²) in [6.45, 7) is 0. The molecule has 5 heteroatoms. The zero-order valence-corrected chi connectivity index (χ0v) is 13.2. The number of aromatic nitrogens is 1. The van der Waals surface area contributed by atoms with Crippen LogP contribution >= 0.6 is 0 Å². The molecular formula is C19H18N2O3. The van der Waals surface area contributed by atoms with Crippen molar-refractivity contribution in [2.24, 2.45) is 0 Å². The number of methoxy groups -OCH3 is 1. The fraction of sp³-hybridized carbons (Fsp3) is 0.105. The van der Waals surface area contributed by atoms with E-state index in [0.717, 1.165) is 22.5 Å². The van der Waals surface area contributed by atoms with Crippen molar-refractivity contribution >= 4 is 11.6 Å². The summed E-state index contributed by atoms with van der Waals surface area (Å²) in [5.41, 5.74) is 3.50. The van der Waals surface area contributed by atoms with Crippen molar-refractivity contribution in [1.29, 1.82) is 0 Å². The van der Waals surface area contributed by atoms with Crippen LogP contribution in [-0.4, -0.2) is 23.1 Å². The summed E-state index contributed by atoms with van der Waals surface area (Å²) in [7, 11) is 1.48. The van der Waals surface area contributed by atoms with Crippen molar-refractivity contribution in [2.75, 3.05) is 12.4 Å². The number of carbonyl (C=O) groups is 1. The third-order valence-electron chi connectivity index (χ3n) is 3.66. The van der Waals surface area contributed by atoms with Gasteiger partial charge in [-0.25, -0.2) is 0 Å². The highest BCUT2D eigenvalue weighted by Gasteiger charge is 2.08.